The minimum Gasteiger partial charge on any atom is -0.454 e. The highest BCUT2D eigenvalue weighted by atomic mass is 19.3. The van der Waals surface area contributed by atoms with Gasteiger partial charge in [0.15, 0.2) is 23.2 Å². The third kappa shape index (κ3) is 4.61. The Morgan fingerprint density at radius 2 is 1.96 bits per heavy atom. The molecule has 0 spiro atoms. The van der Waals surface area contributed by atoms with Crippen LogP contribution < -0.4 is 30.6 Å². The summed E-state index contributed by atoms with van der Waals surface area (Å²) in [7, 11) is 1.54. The van der Waals surface area contributed by atoms with Crippen LogP contribution in [0.15, 0.2) is 33.7 Å². The summed E-state index contributed by atoms with van der Waals surface area (Å²) in [5.41, 5.74) is 5.57. The van der Waals surface area contributed by atoms with Gasteiger partial charge in [0.2, 0.25) is 6.79 Å². The van der Waals surface area contributed by atoms with Gasteiger partial charge in [0, 0.05) is 25.2 Å². The molecule has 0 saturated carbocycles. The molecule has 0 bridgehead atoms. The molecule has 2 aromatic rings. The highest BCUT2D eigenvalue weighted by Gasteiger charge is 2.20. The molecule has 4 N–H and O–H groups in total. The second kappa shape index (κ2) is 8.46. The number of halogens is 2. The number of ether oxygens (including phenoxy) is 3. The van der Waals surface area contributed by atoms with Gasteiger partial charge in [-0.2, -0.15) is 8.78 Å². The monoisotopic (exact) mass is 396 g/mol. The lowest BCUT2D eigenvalue weighted by Gasteiger charge is -2.15. The lowest BCUT2D eigenvalue weighted by Crippen LogP contribution is -2.36. The van der Waals surface area contributed by atoms with Gasteiger partial charge >= 0.3 is 6.61 Å². The Kier molecular flexibility index (Phi) is 5.82. The van der Waals surface area contributed by atoms with Crippen molar-refractivity contribution < 1.29 is 32.2 Å². The predicted molar refractivity (Wildman–Crippen MR) is 93.5 cm³/mol. The predicted octanol–water partition coefficient (Wildman–Crippen LogP) is 1.57. The van der Waals surface area contributed by atoms with E-state index < -0.39 is 12.5 Å². The van der Waals surface area contributed by atoms with Crippen LogP contribution in [0, 0.1) is 0 Å². The van der Waals surface area contributed by atoms with Gasteiger partial charge < -0.3 is 35.0 Å². The molecule has 9 nitrogen and oxygen atoms in total. The van der Waals surface area contributed by atoms with E-state index in [2.05, 4.69) is 20.4 Å². The van der Waals surface area contributed by atoms with Gasteiger partial charge in [0.25, 0.3) is 5.91 Å². The zero-order valence-corrected chi connectivity index (χ0v) is 14.8. The summed E-state index contributed by atoms with van der Waals surface area (Å²) in [5, 5.41) is 5.94. The van der Waals surface area contributed by atoms with Crippen molar-refractivity contribution in [3.05, 3.63) is 41.3 Å². The van der Waals surface area contributed by atoms with Crippen LogP contribution in [0.5, 0.6) is 17.2 Å². The van der Waals surface area contributed by atoms with E-state index in [0.29, 0.717) is 28.8 Å². The number of amides is 1. The Labute approximate surface area is 158 Å². The Morgan fingerprint density at radius 3 is 2.61 bits per heavy atom. The highest BCUT2D eigenvalue weighted by Crippen LogP contribution is 2.38. The van der Waals surface area contributed by atoms with Crippen LogP contribution in [0.4, 0.5) is 8.78 Å². The van der Waals surface area contributed by atoms with Crippen molar-refractivity contribution in [1.29, 1.82) is 0 Å². The number of primary amides is 1. The molecule has 0 fully saturated rings. The van der Waals surface area contributed by atoms with Crippen LogP contribution in [0.2, 0.25) is 0 Å². The molecule has 150 valence electrons. The van der Waals surface area contributed by atoms with E-state index in [1.165, 1.54) is 12.1 Å². The molecule has 11 heteroatoms. The number of carbonyl (C=O) groups excluding carboxylic acids is 1. The Hall–Kier alpha value is -3.50. The number of fused-ring (bicyclic) bond motifs is 1. The van der Waals surface area contributed by atoms with Gasteiger partial charge in [-0.15, -0.1) is 0 Å². The maximum atomic E-state index is 12.7. The number of alkyl halides is 2. The smallest absolute Gasteiger partial charge is 0.387 e. The fraction of sp³-hybridized carbons (Fsp3) is 0.294. The van der Waals surface area contributed by atoms with E-state index in [4.69, 9.17) is 19.6 Å². The summed E-state index contributed by atoms with van der Waals surface area (Å²) in [5.74, 6) is 0.983. The number of rotatable bonds is 7. The molecule has 1 aromatic carbocycles. The lowest BCUT2D eigenvalue weighted by molar-refractivity contribution is -0.0505. The zero-order valence-electron chi connectivity index (χ0n) is 14.8. The number of hydrogen-bond acceptors (Lipinski definition) is 6. The first kappa shape index (κ1) is 19.3. The van der Waals surface area contributed by atoms with E-state index in [0.717, 1.165) is 0 Å². The molecule has 28 heavy (non-hydrogen) atoms. The van der Waals surface area contributed by atoms with Crippen molar-refractivity contribution in [3.8, 4) is 17.2 Å². The lowest BCUT2D eigenvalue weighted by atomic mass is 10.1. The van der Waals surface area contributed by atoms with Crippen molar-refractivity contribution >= 4 is 11.9 Å². The van der Waals surface area contributed by atoms with Crippen molar-refractivity contribution in [2.45, 2.75) is 19.7 Å². The number of nitrogens with one attached hydrogen (secondary N) is 2. The average Bonchev–Trinajstić information content (AvgIpc) is 3.30. The van der Waals surface area contributed by atoms with Gasteiger partial charge in [-0.1, -0.05) is 0 Å². The fourth-order valence-electron chi connectivity index (χ4n) is 2.49. The van der Waals surface area contributed by atoms with Crippen LogP contribution >= 0.6 is 0 Å². The summed E-state index contributed by atoms with van der Waals surface area (Å²) in [4.78, 5) is 15.1. The Balaban J connectivity index is 1.63. The third-order valence-electron chi connectivity index (χ3n) is 3.78. The number of benzene rings is 1. The minimum absolute atomic E-state index is 0.0139. The van der Waals surface area contributed by atoms with E-state index in [9.17, 15) is 13.6 Å². The number of nitrogens with two attached hydrogens (primary N) is 1. The molecule has 1 aliphatic rings. The van der Waals surface area contributed by atoms with Crippen molar-refractivity contribution in [2.75, 3.05) is 13.8 Å². The van der Waals surface area contributed by atoms with E-state index in [-0.39, 0.29) is 31.4 Å². The number of aliphatic imine (C=N–C) groups is 1. The average molecular weight is 396 g/mol. The molecule has 0 aliphatic carbocycles. The molecular formula is C17H18F2N4O5. The maximum Gasteiger partial charge on any atom is 0.387 e. The van der Waals surface area contributed by atoms with Crippen LogP contribution in [0.25, 0.3) is 0 Å². The number of furan rings is 1. The molecule has 0 radical (unpaired) electrons. The standard InChI is InChI=1S/C17H18F2N4O5/c1-21-17(23-7-10-2-3-11(27-10)15(20)24)22-6-9-4-13-14(26-8-25-13)5-12(9)28-16(18)19/h2-5,16H,6-8H2,1H3,(H2,20,24)(H2,21,22,23). The molecule has 0 unspecified atom stereocenters. The molecule has 0 saturated heterocycles. The Bertz CT molecular complexity index is 884. The number of guanidine groups is 1. The quantitative estimate of drug-likeness (QED) is 0.480. The maximum absolute atomic E-state index is 12.7. The second-order valence-corrected chi connectivity index (χ2v) is 5.60. The van der Waals surface area contributed by atoms with Gasteiger partial charge in [0.05, 0.1) is 6.54 Å². The summed E-state index contributed by atoms with van der Waals surface area (Å²) in [6.07, 6.45) is 0. The van der Waals surface area contributed by atoms with Gasteiger partial charge in [-0.05, 0) is 18.2 Å². The van der Waals surface area contributed by atoms with E-state index in [1.54, 1.807) is 19.2 Å². The highest BCUT2D eigenvalue weighted by molar-refractivity contribution is 5.89. The van der Waals surface area contributed by atoms with E-state index in [1.807, 2.05) is 0 Å². The second-order valence-electron chi connectivity index (χ2n) is 5.60. The topological polar surface area (TPSA) is 120 Å². The summed E-state index contributed by atoms with van der Waals surface area (Å²) in [6.45, 7) is -2.60. The Morgan fingerprint density at radius 1 is 1.25 bits per heavy atom. The largest absolute Gasteiger partial charge is 0.454 e. The van der Waals surface area contributed by atoms with Crippen LogP contribution in [-0.2, 0) is 13.1 Å². The molecule has 0 atom stereocenters. The van der Waals surface area contributed by atoms with E-state index >= 15 is 0 Å². The van der Waals surface area contributed by atoms with Crippen molar-refractivity contribution in [3.63, 3.8) is 0 Å². The first-order chi connectivity index (χ1) is 13.5. The summed E-state index contributed by atoms with van der Waals surface area (Å²) >= 11 is 0. The van der Waals surface area contributed by atoms with Crippen molar-refractivity contribution in [2.24, 2.45) is 10.7 Å². The minimum atomic E-state index is -2.98. The number of carbonyl (C=O) groups is 1. The molecule has 1 aromatic heterocycles. The first-order valence-corrected chi connectivity index (χ1v) is 8.16. The van der Waals surface area contributed by atoms with Gasteiger partial charge in [-0.3, -0.25) is 9.79 Å². The van der Waals surface area contributed by atoms with Crippen LogP contribution in [-0.4, -0.2) is 32.3 Å². The van der Waals surface area contributed by atoms with Gasteiger partial charge in [0.1, 0.15) is 11.5 Å². The third-order valence-corrected chi connectivity index (χ3v) is 3.78. The molecule has 1 amide bonds. The zero-order chi connectivity index (χ0) is 20.1. The normalized spacial score (nSPS) is 12.9. The number of hydrogen-bond donors (Lipinski definition) is 3. The molecule has 3 rings (SSSR count). The molecule has 2 heterocycles. The van der Waals surface area contributed by atoms with Crippen LogP contribution in [0.3, 0.4) is 0 Å². The summed E-state index contributed by atoms with van der Waals surface area (Å²) < 4.78 is 45.7. The SMILES string of the molecule is CN=C(NCc1ccc(C(N)=O)o1)NCc1cc2c(cc1OC(F)F)OCO2. The fourth-order valence-corrected chi connectivity index (χ4v) is 2.49. The molecular weight excluding hydrogens is 378 g/mol. The van der Waals surface area contributed by atoms with Crippen molar-refractivity contribution in [1.82, 2.24) is 10.6 Å². The van der Waals surface area contributed by atoms with Gasteiger partial charge in [-0.25, -0.2) is 0 Å². The summed E-state index contributed by atoms with van der Waals surface area (Å²) in [6, 6.07) is 5.99. The molecule has 1 aliphatic heterocycles. The van der Waals surface area contributed by atoms with Crippen LogP contribution in [0.1, 0.15) is 21.9 Å². The first-order valence-electron chi connectivity index (χ1n) is 8.16. The number of nitrogens with zero attached hydrogens (tertiary/aromatic N) is 1.